The molecule has 1 heterocycles. The lowest BCUT2D eigenvalue weighted by molar-refractivity contribution is 0.102. The number of likely N-dealkylation sites (tertiary alicyclic amines) is 1. The van der Waals surface area contributed by atoms with E-state index < -0.39 is 0 Å². The van der Waals surface area contributed by atoms with Gasteiger partial charge < -0.3 is 4.90 Å². The first-order chi connectivity index (χ1) is 9.56. The SMILES string of the molecule is CC1CCN(C(=S)SCC(=O)c2ccc(Cl)cc2)CC1. The lowest BCUT2D eigenvalue weighted by atomic mass is 10.00. The van der Waals surface area contributed by atoms with E-state index in [1.807, 2.05) is 0 Å². The molecule has 0 atom stereocenters. The zero-order valence-corrected chi connectivity index (χ0v) is 13.9. The number of nitrogens with zero attached hydrogens (tertiary/aromatic N) is 1. The summed E-state index contributed by atoms with van der Waals surface area (Å²) in [5.41, 5.74) is 0.692. The van der Waals surface area contributed by atoms with Gasteiger partial charge in [0.25, 0.3) is 0 Å². The number of rotatable bonds is 3. The number of benzene rings is 1. The van der Waals surface area contributed by atoms with Gasteiger partial charge in [0.2, 0.25) is 0 Å². The van der Waals surface area contributed by atoms with E-state index in [0.717, 1.165) is 23.3 Å². The van der Waals surface area contributed by atoms with E-state index in [9.17, 15) is 4.79 Å². The molecule has 2 rings (SSSR count). The van der Waals surface area contributed by atoms with E-state index in [-0.39, 0.29) is 5.78 Å². The van der Waals surface area contributed by atoms with Crippen LogP contribution in [0.4, 0.5) is 0 Å². The van der Waals surface area contributed by atoms with Crippen molar-refractivity contribution in [1.29, 1.82) is 0 Å². The zero-order valence-electron chi connectivity index (χ0n) is 11.5. The Morgan fingerprint density at radius 3 is 2.55 bits per heavy atom. The number of ketones is 1. The second-order valence-corrected chi connectivity index (χ2v) is 7.20. The standard InChI is InChI=1S/C15H18ClNOS2/c1-11-6-8-17(9-7-11)15(19)20-10-14(18)12-2-4-13(16)5-3-12/h2-5,11H,6-10H2,1H3. The van der Waals surface area contributed by atoms with Gasteiger partial charge in [0.05, 0.1) is 5.75 Å². The molecule has 5 heteroatoms. The first kappa shape index (κ1) is 15.8. The Labute approximate surface area is 134 Å². The fourth-order valence-corrected chi connectivity index (χ4v) is 3.40. The minimum absolute atomic E-state index is 0.0967. The van der Waals surface area contributed by atoms with Crippen molar-refractivity contribution < 1.29 is 4.79 Å². The lowest BCUT2D eigenvalue weighted by Crippen LogP contribution is -2.35. The Balaban J connectivity index is 1.81. The molecule has 1 aromatic carbocycles. The maximum atomic E-state index is 12.1. The number of thiocarbonyl (C=S) groups is 1. The van der Waals surface area contributed by atoms with Crippen LogP contribution < -0.4 is 0 Å². The number of Topliss-reactive ketones (excluding diaryl/α,β-unsaturated/α-hetero) is 1. The normalized spacial score (nSPS) is 16.2. The van der Waals surface area contributed by atoms with Crippen LogP contribution in [0, 0.1) is 5.92 Å². The van der Waals surface area contributed by atoms with Gasteiger partial charge in [-0.15, -0.1) is 0 Å². The average molecular weight is 328 g/mol. The van der Waals surface area contributed by atoms with Crippen molar-refractivity contribution >= 4 is 45.7 Å². The first-order valence-electron chi connectivity index (χ1n) is 6.76. The van der Waals surface area contributed by atoms with E-state index >= 15 is 0 Å². The smallest absolute Gasteiger partial charge is 0.173 e. The van der Waals surface area contributed by atoms with Crippen LogP contribution in [-0.4, -0.2) is 33.8 Å². The number of carbonyl (C=O) groups excluding carboxylic acids is 1. The summed E-state index contributed by atoms with van der Waals surface area (Å²) in [4.78, 5) is 14.3. The molecule has 1 aliphatic rings. The molecule has 0 N–H and O–H groups in total. The number of thioether (sulfide) groups is 1. The molecule has 0 aliphatic carbocycles. The molecule has 1 aliphatic heterocycles. The van der Waals surface area contributed by atoms with E-state index in [1.54, 1.807) is 24.3 Å². The number of piperidine rings is 1. The van der Waals surface area contributed by atoms with Gasteiger partial charge in [0.1, 0.15) is 4.32 Å². The molecule has 2 nitrogen and oxygen atoms in total. The fourth-order valence-electron chi connectivity index (χ4n) is 2.13. The molecule has 20 heavy (non-hydrogen) atoms. The molecule has 0 saturated carbocycles. The maximum Gasteiger partial charge on any atom is 0.173 e. The highest BCUT2D eigenvalue weighted by Crippen LogP contribution is 2.21. The third-order valence-corrected chi connectivity index (χ3v) is 5.31. The monoisotopic (exact) mass is 327 g/mol. The number of hydrogen-bond donors (Lipinski definition) is 0. The predicted octanol–water partition coefficient (Wildman–Crippen LogP) is 4.27. The van der Waals surface area contributed by atoms with E-state index in [2.05, 4.69) is 11.8 Å². The molecule has 0 amide bonds. The van der Waals surface area contributed by atoms with Crippen LogP contribution in [-0.2, 0) is 0 Å². The average Bonchev–Trinajstić information content (AvgIpc) is 2.46. The second kappa shape index (κ2) is 7.43. The van der Waals surface area contributed by atoms with E-state index in [1.165, 1.54) is 24.6 Å². The van der Waals surface area contributed by atoms with Crippen LogP contribution in [0.5, 0.6) is 0 Å². The summed E-state index contributed by atoms with van der Waals surface area (Å²) in [7, 11) is 0. The van der Waals surface area contributed by atoms with Crippen molar-refractivity contribution in [2.45, 2.75) is 19.8 Å². The lowest BCUT2D eigenvalue weighted by Gasteiger charge is -2.31. The molecule has 1 aromatic rings. The maximum absolute atomic E-state index is 12.1. The van der Waals surface area contributed by atoms with Crippen molar-refractivity contribution in [3.05, 3.63) is 34.9 Å². The Morgan fingerprint density at radius 1 is 1.35 bits per heavy atom. The molecule has 0 spiro atoms. The molecule has 1 fully saturated rings. The highest BCUT2D eigenvalue weighted by Gasteiger charge is 2.19. The van der Waals surface area contributed by atoms with Crippen molar-refractivity contribution in [2.75, 3.05) is 18.8 Å². The summed E-state index contributed by atoms with van der Waals surface area (Å²) in [5, 5.41) is 0.646. The Morgan fingerprint density at radius 2 is 1.95 bits per heavy atom. The predicted molar refractivity (Wildman–Crippen MR) is 90.8 cm³/mol. The van der Waals surface area contributed by atoms with Gasteiger partial charge in [-0.05, 0) is 43.0 Å². The number of halogens is 1. The van der Waals surface area contributed by atoms with Crippen LogP contribution in [0.25, 0.3) is 0 Å². The van der Waals surface area contributed by atoms with Crippen LogP contribution in [0.2, 0.25) is 5.02 Å². The molecule has 0 unspecified atom stereocenters. The van der Waals surface area contributed by atoms with Gasteiger partial charge in [-0.1, -0.05) is 42.5 Å². The van der Waals surface area contributed by atoms with Gasteiger partial charge in [0.15, 0.2) is 5.78 Å². The van der Waals surface area contributed by atoms with Gasteiger partial charge >= 0.3 is 0 Å². The molecule has 0 radical (unpaired) electrons. The Kier molecular flexibility index (Phi) is 5.87. The third-order valence-electron chi connectivity index (χ3n) is 3.53. The number of carbonyl (C=O) groups is 1. The van der Waals surface area contributed by atoms with Crippen LogP contribution in [0.3, 0.4) is 0 Å². The van der Waals surface area contributed by atoms with Gasteiger partial charge in [0, 0.05) is 23.7 Å². The minimum Gasteiger partial charge on any atom is -0.357 e. The van der Waals surface area contributed by atoms with Crippen molar-refractivity contribution in [3.63, 3.8) is 0 Å². The zero-order chi connectivity index (χ0) is 14.5. The van der Waals surface area contributed by atoms with Crippen LogP contribution in [0.15, 0.2) is 24.3 Å². The highest BCUT2D eigenvalue weighted by molar-refractivity contribution is 8.23. The van der Waals surface area contributed by atoms with E-state index in [0.29, 0.717) is 16.3 Å². The van der Waals surface area contributed by atoms with Gasteiger partial charge in [-0.2, -0.15) is 0 Å². The van der Waals surface area contributed by atoms with E-state index in [4.69, 9.17) is 23.8 Å². The summed E-state index contributed by atoms with van der Waals surface area (Å²) in [6.45, 7) is 4.31. The largest absolute Gasteiger partial charge is 0.357 e. The van der Waals surface area contributed by atoms with Crippen LogP contribution >= 0.6 is 35.6 Å². The van der Waals surface area contributed by atoms with Crippen molar-refractivity contribution in [2.24, 2.45) is 5.92 Å². The Bertz CT molecular complexity index is 481. The highest BCUT2D eigenvalue weighted by atomic mass is 35.5. The minimum atomic E-state index is 0.0967. The Hall–Kier alpha value is -0.580. The third kappa shape index (κ3) is 4.47. The van der Waals surface area contributed by atoms with Gasteiger partial charge in [-0.25, -0.2) is 0 Å². The summed E-state index contributed by atoms with van der Waals surface area (Å²) < 4.78 is 0.846. The molecule has 0 bridgehead atoms. The number of hydrogen-bond acceptors (Lipinski definition) is 3. The molecule has 0 aromatic heterocycles. The fraction of sp³-hybridized carbons (Fsp3) is 0.467. The molecular formula is C15H18ClNOS2. The summed E-state index contributed by atoms with van der Waals surface area (Å²) in [6.07, 6.45) is 2.37. The molecule has 1 saturated heterocycles. The topological polar surface area (TPSA) is 20.3 Å². The van der Waals surface area contributed by atoms with Crippen molar-refractivity contribution in [3.8, 4) is 0 Å². The van der Waals surface area contributed by atoms with Crippen molar-refractivity contribution in [1.82, 2.24) is 4.90 Å². The molecular weight excluding hydrogens is 310 g/mol. The van der Waals surface area contributed by atoms with Gasteiger partial charge in [-0.3, -0.25) is 4.79 Å². The first-order valence-corrected chi connectivity index (χ1v) is 8.54. The summed E-state index contributed by atoms with van der Waals surface area (Å²) in [5.74, 6) is 1.28. The van der Waals surface area contributed by atoms with Crippen LogP contribution in [0.1, 0.15) is 30.1 Å². The molecule has 108 valence electrons. The summed E-state index contributed by atoms with van der Waals surface area (Å²) >= 11 is 12.7. The summed E-state index contributed by atoms with van der Waals surface area (Å²) in [6, 6.07) is 7.00. The second-order valence-electron chi connectivity index (χ2n) is 5.15. The quantitative estimate of drug-likeness (QED) is 0.610.